The molecule has 2 nitrogen and oxygen atoms in total. The van der Waals surface area contributed by atoms with Crippen molar-refractivity contribution in [2.24, 2.45) is 0 Å². The van der Waals surface area contributed by atoms with Crippen molar-refractivity contribution < 1.29 is 4.79 Å². The quantitative estimate of drug-likeness (QED) is 0.851. The summed E-state index contributed by atoms with van der Waals surface area (Å²) in [6.07, 6.45) is 1.39. The summed E-state index contributed by atoms with van der Waals surface area (Å²) in [6, 6.07) is 17.8. The molecule has 0 heterocycles. The fourth-order valence-corrected chi connectivity index (χ4v) is 3.02. The topological polar surface area (TPSA) is 29.1 Å². The lowest BCUT2D eigenvalue weighted by molar-refractivity contribution is -0.119. The van der Waals surface area contributed by atoms with Crippen LogP contribution in [0.5, 0.6) is 0 Å². The molecule has 0 spiro atoms. The highest BCUT2D eigenvalue weighted by atomic mass is 32.1. The van der Waals surface area contributed by atoms with Crippen molar-refractivity contribution in [3.05, 3.63) is 65.7 Å². The normalized spacial score (nSPS) is 17.4. The summed E-state index contributed by atoms with van der Waals surface area (Å²) in [5.41, 5.74) is 3.21. The van der Waals surface area contributed by atoms with Gasteiger partial charge in [-0.2, -0.15) is 0 Å². The minimum atomic E-state index is -0.310. The molecular formula is C17H15NOS. The number of hydrogen-bond acceptors (Lipinski definition) is 2. The van der Waals surface area contributed by atoms with E-state index in [0.29, 0.717) is 11.4 Å². The van der Waals surface area contributed by atoms with Gasteiger partial charge >= 0.3 is 0 Å². The van der Waals surface area contributed by atoms with Crippen LogP contribution in [0.15, 0.2) is 54.6 Å². The molecule has 1 unspecified atom stereocenters. The number of thiocarbonyl (C=S) groups is 1. The number of aryl methyl sites for hydroxylation is 1. The van der Waals surface area contributed by atoms with E-state index in [-0.39, 0.29) is 11.7 Å². The minimum absolute atomic E-state index is 0.206. The average Bonchev–Trinajstić information content (AvgIpc) is 2.48. The second-order valence-corrected chi connectivity index (χ2v) is 5.39. The van der Waals surface area contributed by atoms with Crippen molar-refractivity contribution in [2.45, 2.75) is 18.8 Å². The zero-order valence-electron chi connectivity index (χ0n) is 11.0. The molecule has 3 rings (SSSR count). The number of anilines is 1. The molecule has 0 saturated heterocycles. The highest BCUT2D eigenvalue weighted by Gasteiger charge is 2.30. The Morgan fingerprint density at radius 2 is 1.70 bits per heavy atom. The molecule has 3 heteroatoms. The fraction of sp³-hybridized carbons (Fsp3) is 0.176. The molecular weight excluding hydrogens is 266 g/mol. The van der Waals surface area contributed by atoms with Crippen molar-refractivity contribution in [1.82, 2.24) is 0 Å². The van der Waals surface area contributed by atoms with Gasteiger partial charge in [-0.15, -0.1) is 0 Å². The maximum absolute atomic E-state index is 12.3. The predicted molar refractivity (Wildman–Crippen MR) is 85.2 cm³/mol. The molecule has 1 aliphatic carbocycles. The standard InChI is InChI=1S/C17H15NOS/c19-15-11-10-12-6-4-5-9-14(12)16(15)17(20)18-13-7-2-1-3-8-13/h1-9,16H,10-11H2,(H,18,20). The monoisotopic (exact) mass is 281 g/mol. The summed E-state index contributed by atoms with van der Waals surface area (Å²) >= 11 is 5.48. The number of benzene rings is 2. The van der Waals surface area contributed by atoms with E-state index in [9.17, 15) is 4.79 Å². The van der Waals surface area contributed by atoms with E-state index in [0.717, 1.165) is 17.7 Å². The number of Topliss-reactive ketones (excluding diaryl/α,β-unsaturated/α-hetero) is 1. The van der Waals surface area contributed by atoms with Gasteiger partial charge in [0.15, 0.2) is 0 Å². The number of para-hydroxylation sites is 1. The van der Waals surface area contributed by atoms with Crippen LogP contribution < -0.4 is 5.32 Å². The molecule has 100 valence electrons. The second kappa shape index (κ2) is 5.55. The summed E-state index contributed by atoms with van der Waals surface area (Å²) in [4.78, 5) is 12.9. The Morgan fingerprint density at radius 1 is 1.00 bits per heavy atom. The van der Waals surface area contributed by atoms with Crippen molar-refractivity contribution in [1.29, 1.82) is 0 Å². The van der Waals surface area contributed by atoms with Crippen molar-refractivity contribution in [3.63, 3.8) is 0 Å². The van der Waals surface area contributed by atoms with Gasteiger partial charge in [0, 0.05) is 12.1 Å². The Bertz CT molecular complexity index is 651. The molecule has 1 atom stereocenters. The summed E-state index contributed by atoms with van der Waals surface area (Å²) in [7, 11) is 0. The van der Waals surface area contributed by atoms with Gasteiger partial charge in [0.05, 0.1) is 10.9 Å². The highest BCUT2D eigenvalue weighted by Crippen LogP contribution is 2.30. The summed E-state index contributed by atoms with van der Waals surface area (Å²) in [6.45, 7) is 0. The summed E-state index contributed by atoms with van der Waals surface area (Å²) in [5, 5.41) is 3.19. The maximum atomic E-state index is 12.3. The number of rotatable bonds is 2. The molecule has 1 aliphatic rings. The van der Waals surface area contributed by atoms with Gasteiger partial charge in [0.25, 0.3) is 0 Å². The average molecular weight is 281 g/mol. The predicted octanol–water partition coefficient (Wildman–Crippen LogP) is 3.73. The Kier molecular flexibility index (Phi) is 3.61. The number of ketones is 1. The highest BCUT2D eigenvalue weighted by molar-refractivity contribution is 7.80. The second-order valence-electron chi connectivity index (χ2n) is 4.95. The number of carbonyl (C=O) groups is 1. The molecule has 0 fully saturated rings. The smallest absolute Gasteiger partial charge is 0.147 e. The third-order valence-corrected chi connectivity index (χ3v) is 3.97. The van der Waals surface area contributed by atoms with E-state index in [1.807, 2.05) is 48.5 Å². The summed E-state index contributed by atoms with van der Waals surface area (Å²) < 4.78 is 0. The number of fused-ring (bicyclic) bond motifs is 1. The van der Waals surface area contributed by atoms with E-state index in [1.165, 1.54) is 5.56 Å². The van der Waals surface area contributed by atoms with E-state index >= 15 is 0 Å². The molecule has 1 N–H and O–H groups in total. The van der Waals surface area contributed by atoms with Gasteiger partial charge in [0.2, 0.25) is 0 Å². The van der Waals surface area contributed by atoms with Gasteiger partial charge in [-0.1, -0.05) is 54.7 Å². The Hall–Kier alpha value is -2.00. The lowest BCUT2D eigenvalue weighted by atomic mass is 9.81. The van der Waals surface area contributed by atoms with Crippen LogP contribution in [0, 0.1) is 0 Å². The summed E-state index contributed by atoms with van der Waals surface area (Å²) in [5.74, 6) is -0.104. The number of hydrogen-bond donors (Lipinski definition) is 1. The first-order valence-electron chi connectivity index (χ1n) is 6.72. The molecule has 20 heavy (non-hydrogen) atoms. The lowest BCUT2D eigenvalue weighted by Gasteiger charge is -2.25. The van der Waals surface area contributed by atoms with E-state index in [2.05, 4.69) is 11.4 Å². The first-order valence-corrected chi connectivity index (χ1v) is 7.13. The molecule has 2 aromatic carbocycles. The third kappa shape index (κ3) is 2.49. The fourth-order valence-electron chi connectivity index (χ4n) is 2.64. The lowest BCUT2D eigenvalue weighted by Crippen LogP contribution is -2.30. The SMILES string of the molecule is O=C1CCc2ccccc2C1C(=S)Nc1ccccc1. The largest absolute Gasteiger partial charge is 0.349 e. The molecule has 0 radical (unpaired) electrons. The van der Waals surface area contributed by atoms with Gasteiger partial charge < -0.3 is 5.32 Å². The van der Waals surface area contributed by atoms with Crippen LogP contribution in [-0.4, -0.2) is 10.8 Å². The molecule has 0 aliphatic heterocycles. The van der Waals surface area contributed by atoms with Crippen molar-refractivity contribution in [2.75, 3.05) is 5.32 Å². The van der Waals surface area contributed by atoms with Gasteiger partial charge in [0.1, 0.15) is 5.78 Å². The van der Waals surface area contributed by atoms with Crippen LogP contribution in [0.25, 0.3) is 0 Å². The molecule has 0 amide bonds. The van der Waals surface area contributed by atoms with Crippen LogP contribution in [0.4, 0.5) is 5.69 Å². The zero-order chi connectivity index (χ0) is 13.9. The van der Waals surface area contributed by atoms with Gasteiger partial charge in [-0.25, -0.2) is 0 Å². The van der Waals surface area contributed by atoms with E-state index in [1.54, 1.807) is 0 Å². The Balaban J connectivity index is 1.89. The van der Waals surface area contributed by atoms with Crippen LogP contribution >= 0.6 is 12.2 Å². The van der Waals surface area contributed by atoms with E-state index in [4.69, 9.17) is 12.2 Å². The van der Waals surface area contributed by atoms with Crippen molar-refractivity contribution in [3.8, 4) is 0 Å². The number of carbonyl (C=O) groups excluding carboxylic acids is 1. The minimum Gasteiger partial charge on any atom is -0.349 e. The van der Waals surface area contributed by atoms with Crippen LogP contribution in [0.3, 0.4) is 0 Å². The van der Waals surface area contributed by atoms with Gasteiger partial charge in [-0.3, -0.25) is 4.79 Å². The first-order chi connectivity index (χ1) is 9.75. The third-order valence-electron chi connectivity index (χ3n) is 3.63. The Labute approximate surface area is 123 Å². The van der Waals surface area contributed by atoms with Gasteiger partial charge in [-0.05, 0) is 29.7 Å². The first kappa shape index (κ1) is 13.0. The molecule has 0 aromatic heterocycles. The molecule has 0 saturated carbocycles. The maximum Gasteiger partial charge on any atom is 0.147 e. The van der Waals surface area contributed by atoms with Crippen LogP contribution in [0.1, 0.15) is 23.5 Å². The molecule has 2 aromatic rings. The Morgan fingerprint density at radius 3 is 2.50 bits per heavy atom. The zero-order valence-corrected chi connectivity index (χ0v) is 11.8. The van der Waals surface area contributed by atoms with E-state index < -0.39 is 0 Å². The molecule has 0 bridgehead atoms. The van der Waals surface area contributed by atoms with Crippen molar-refractivity contribution >= 4 is 28.7 Å². The van der Waals surface area contributed by atoms with Crippen LogP contribution in [-0.2, 0) is 11.2 Å². The number of nitrogens with one attached hydrogen (secondary N) is 1. The van der Waals surface area contributed by atoms with Crippen LogP contribution in [0.2, 0.25) is 0 Å².